The largest absolute Gasteiger partial charge is 0.390 e. The summed E-state index contributed by atoms with van der Waals surface area (Å²) in [5.41, 5.74) is 7.79. The molecule has 1 aromatic rings. The van der Waals surface area contributed by atoms with Gasteiger partial charge in [0.05, 0.1) is 5.60 Å². The first-order chi connectivity index (χ1) is 9.63. The van der Waals surface area contributed by atoms with Crippen LogP contribution < -0.4 is 5.73 Å². The van der Waals surface area contributed by atoms with Crippen LogP contribution in [0, 0.1) is 0 Å². The van der Waals surface area contributed by atoms with Crippen molar-refractivity contribution in [3.63, 3.8) is 0 Å². The molecule has 0 radical (unpaired) electrons. The standard InChI is InChI=1S/C18H31NO/c1-3-11-18(20,12-4-2)13-10-17-8-5-7-16(15-17)9-6-14-19/h5,7-8,15,20H,3-4,6,9-14,19H2,1-2H3. The first kappa shape index (κ1) is 17.2. The fourth-order valence-electron chi connectivity index (χ4n) is 2.93. The Kier molecular flexibility index (Phi) is 7.86. The molecule has 3 N–H and O–H groups in total. The van der Waals surface area contributed by atoms with Gasteiger partial charge in [-0.2, -0.15) is 0 Å². The van der Waals surface area contributed by atoms with E-state index in [0.29, 0.717) is 0 Å². The summed E-state index contributed by atoms with van der Waals surface area (Å²) < 4.78 is 0. The first-order valence-electron chi connectivity index (χ1n) is 8.14. The summed E-state index contributed by atoms with van der Waals surface area (Å²) in [6.07, 6.45) is 7.85. The van der Waals surface area contributed by atoms with Crippen molar-refractivity contribution in [3.8, 4) is 0 Å². The van der Waals surface area contributed by atoms with Gasteiger partial charge in [-0.3, -0.25) is 0 Å². The summed E-state index contributed by atoms with van der Waals surface area (Å²) in [5, 5.41) is 10.7. The summed E-state index contributed by atoms with van der Waals surface area (Å²) in [4.78, 5) is 0. The fraction of sp³-hybridized carbons (Fsp3) is 0.667. The van der Waals surface area contributed by atoms with Crippen molar-refractivity contribution in [1.29, 1.82) is 0 Å². The molecule has 0 aromatic heterocycles. The normalized spacial score (nSPS) is 11.8. The molecule has 0 unspecified atom stereocenters. The minimum absolute atomic E-state index is 0.475. The number of benzene rings is 1. The molecule has 0 saturated heterocycles. The van der Waals surface area contributed by atoms with E-state index in [2.05, 4.69) is 38.1 Å². The van der Waals surface area contributed by atoms with E-state index in [-0.39, 0.29) is 0 Å². The monoisotopic (exact) mass is 277 g/mol. The predicted molar refractivity (Wildman–Crippen MR) is 86.9 cm³/mol. The van der Waals surface area contributed by atoms with Crippen LogP contribution in [0.4, 0.5) is 0 Å². The molecule has 0 fully saturated rings. The van der Waals surface area contributed by atoms with E-state index in [1.807, 2.05) is 0 Å². The molecule has 1 rings (SSSR count). The Morgan fingerprint density at radius 3 is 2.15 bits per heavy atom. The Morgan fingerprint density at radius 1 is 1.00 bits per heavy atom. The van der Waals surface area contributed by atoms with Crippen LogP contribution in [-0.2, 0) is 12.8 Å². The van der Waals surface area contributed by atoms with Gasteiger partial charge < -0.3 is 10.8 Å². The zero-order valence-corrected chi connectivity index (χ0v) is 13.2. The zero-order chi connectivity index (χ0) is 14.8. The highest BCUT2D eigenvalue weighted by Crippen LogP contribution is 2.25. The topological polar surface area (TPSA) is 46.2 Å². The highest BCUT2D eigenvalue weighted by molar-refractivity contribution is 5.24. The van der Waals surface area contributed by atoms with Gasteiger partial charge in [0.1, 0.15) is 0 Å². The maximum atomic E-state index is 10.7. The lowest BCUT2D eigenvalue weighted by molar-refractivity contribution is 0.0132. The maximum Gasteiger partial charge on any atom is 0.0650 e. The average Bonchev–Trinajstić information content (AvgIpc) is 2.44. The Morgan fingerprint density at radius 2 is 1.60 bits per heavy atom. The molecular weight excluding hydrogens is 246 g/mol. The van der Waals surface area contributed by atoms with Gasteiger partial charge in [0.2, 0.25) is 0 Å². The third-order valence-electron chi connectivity index (χ3n) is 3.97. The van der Waals surface area contributed by atoms with Gasteiger partial charge in [0, 0.05) is 0 Å². The molecule has 0 amide bonds. The molecule has 0 atom stereocenters. The second kappa shape index (κ2) is 9.15. The van der Waals surface area contributed by atoms with Gasteiger partial charge in [-0.25, -0.2) is 0 Å². The number of aliphatic hydroxyl groups is 1. The third-order valence-corrected chi connectivity index (χ3v) is 3.97. The van der Waals surface area contributed by atoms with Gasteiger partial charge in [0.25, 0.3) is 0 Å². The number of aryl methyl sites for hydroxylation is 2. The Labute approximate surface area is 124 Å². The zero-order valence-electron chi connectivity index (χ0n) is 13.2. The quantitative estimate of drug-likeness (QED) is 0.682. The second-order valence-electron chi connectivity index (χ2n) is 5.94. The SMILES string of the molecule is CCCC(O)(CCC)CCc1cccc(CCCN)c1. The van der Waals surface area contributed by atoms with Crippen LogP contribution >= 0.6 is 0 Å². The lowest BCUT2D eigenvalue weighted by Gasteiger charge is -2.27. The van der Waals surface area contributed by atoms with Crippen LogP contribution in [0.25, 0.3) is 0 Å². The molecule has 1 aromatic carbocycles. The highest BCUT2D eigenvalue weighted by Gasteiger charge is 2.24. The van der Waals surface area contributed by atoms with Crippen molar-refractivity contribution in [1.82, 2.24) is 0 Å². The molecule has 0 saturated carbocycles. The number of rotatable bonds is 10. The highest BCUT2D eigenvalue weighted by atomic mass is 16.3. The van der Waals surface area contributed by atoms with Crippen molar-refractivity contribution in [2.45, 2.75) is 70.8 Å². The maximum absolute atomic E-state index is 10.7. The minimum Gasteiger partial charge on any atom is -0.390 e. The van der Waals surface area contributed by atoms with Crippen LogP contribution in [-0.4, -0.2) is 17.3 Å². The lowest BCUT2D eigenvalue weighted by Crippen LogP contribution is -2.28. The lowest BCUT2D eigenvalue weighted by atomic mass is 9.86. The molecule has 0 aliphatic rings. The number of nitrogens with two attached hydrogens (primary N) is 1. The van der Waals surface area contributed by atoms with E-state index in [1.165, 1.54) is 11.1 Å². The number of hydrogen-bond donors (Lipinski definition) is 2. The molecule has 2 nitrogen and oxygen atoms in total. The van der Waals surface area contributed by atoms with Crippen LogP contribution in [0.15, 0.2) is 24.3 Å². The summed E-state index contributed by atoms with van der Waals surface area (Å²) in [6, 6.07) is 8.74. The smallest absolute Gasteiger partial charge is 0.0650 e. The molecule has 0 aliphatic carbocycles. The van der Waals surface area contributed by atoms with Gasteiger partial charge in [0.15, 0.2) is 0 Å². The summed E-state index contributed by atoms with van der Waals surface area (Å²) in [7, 11) is 0. The molecule has 114 valence electrons. The van der Waals surface area contributed by atoms with Crippen molar-refractivity contribution >= 4 is 0 Å². The summed E-state index contributed by atoms with van der Waals surface area (Å²) >= 11 is 0. The van der Waals surface area contributed by atoms with Gasteiger partial charge >= 0.3 is 0 Å². The van der Waals surface area contributed by atoms with E-state index in [4.69, 9.17) is 5.73 Å². The van der Waals surface area contributed by atoms with Crippen LogP contribution in [0.1, 0.15) is 63.5 Å². The van der Waals surface area contributed by atoms with Gasteiger partial charge in [-0.1, -0.05) is 51.0 Å². The Hall–Kier alpha value is -0.860. The van der Waals surface area contributed by atoms with Gasteiger partial charge in [-0.15, -0.1) is 0 Å². The molecule has 20 heavy (non-hydrogen) atoms. The summed E-state index contributed by atoms with van der Waals surface area (Å²) in [6.45, 7) is 5.04. The van der Waals surface area contributed by atoms with E-state index >= 15 is 0 Å². The Balaban J connectivity index is 2.58. The van der Waals surface area contributed by atoms with E-state index in [9.17, 15) is 5.11 Å². The second-order valence-corrected chi connectivity index (χ2v) is 5.94. The molecule has 0 heterocycles. The molecule has 2 heteroatoms. The van der Waals surface area contributed by atoms with E-state index in [1.54, 1.807) is 0 Å². The van der Waals surface area contributed by atoms with Crippen LogP contribution in [0.5, 0.6) is 0 Å². The van der Waals surface area contributed by atoms with Gasteiger partial charge in [-0.05, 0) is 56.2 Å². The van der Waals surface area contributed by atoms with E-state index in [0.717, 1.165) is 57.9 Å². The predicted octanol–water partition coefficient (Wildman–Crippen LogP) is 3.84. The van der Waals surface area contributed by atoms with Crippen LogP contribution in [0.3, 0.4) is 0 Å². The molecule has 0 bridgehead atoms. The van der Waals surface area contributed by atoms with Crippen molar-refractivity contribution in [2.24, 2.45) is 5.73 Å². The average molecular weight is 277 g/mol. The van der Waals surface area contributed by atoms with Crippen molar-refractivity contribution in [2.75, 3.05) is 6.54 Å². The van der Waals surface area contributed by atoms with Crippen LogP contribution in [0.2, 0.25) is 0 Å². The molecular formula is C18H31NO. The van der Waals surface area contributed by atoms with Crippen molar-refractivity contribution in [3.05, 3.63) is 35.4 Å². The summed E-state index contributed by atoms with van der Waals surface area (Å²) in [5.74, 6) is 0. The van der Waals surface area contributed by atoms with Crippen molar-refractivity contribution < 1.29 is 5.11 Å². The molecule has 0 aliphatic heterocycles. The minimum atomic E-state index is -0.475. The third kappa shape index (κ3) is 6.06. The Bertz CT molecular complexity index is 369. The fourth-order valence-corrected chi connectivity index (χ4v) is 2.93. The molecule has 0 spiro atoms. The number of hydrogen-bond acceptors (Lipinski definition) is 2. The van der Waals surface area contributed by atoms with E-state index < -0.39 is 5.60 Å². The first-order valence-corrected chi connectivity index (χ1v) is 8.14.